The van der Waals surface area contributed by atoms with Gasteiger partial charge in [0.2, 0.25) is 0 Å². The van der Waals surface area contributed by atoms with Gasteiger partial charge in [0.05, 0.1) is 14.2 Å². The topological polar surface area (TPSA) is 62.8 Å². The van der Waals surface area contributed by atoms with Gasteiger partial charge in [0.1, 0.15) is 11.5 Å². The Hall–Kier alpha value is -1.95. The standard InChI is InChI=1S/C18H27N3O3/c1-23-15-4-5-16(24-2)14(10-15)11-20-17(22)21-9-3-6-18(13-21)7-8-19-12-18/h4-5,10,19H,3,6-9,11-13H2,1-2H3,(H,20,22)/t18-/m1/s1. The Labute approximate surface area is 143 Å². The lowest BCUT2D eigenvalue weighted by Gasteiger charge is -2.39. The maximum Gasteiger partial charge on any atom is 0.317 e. The third-order valence-electron chi connectivity index (χ3n) is 5.20. The summed E-state index contributed by atoms with van der Waals surface area (Å²) in [5.41, 5.74) is 1.20. The van der Waals surface area contributed by atoms with Gasteiger partial charge in [0, 0.05) is 37.2 Å². The van der Waals surface area contributed by atoms with Crippen LogP contribution in [0.4, 0.5) is 4.79 Å². The zero-order valence-corrected chi connectivity index (χ0v) is 14.6. The Morgan fingerprint density at radius 1 is 1.33 bits per heavy atom. The maximum atomic E-state index is 12.6. The summed E-state index contributed by atoms with van der Waals surface area (Å²) in [5.74, 6) is 1.51. The largest absolute Gasteiger partial charge is 0.497 e. The van der Waals surface area contributed by atoms with Crippen LogP contribution >= 0.6 is 0 Å². The number of likely N-dealkylation sites (tertiary alicyclic amines) is 1. The molecule has 0 bridgehead atoms. The zero-order valence-electron chi connectivity index (χ0n) is 14.6. The van der Waals surface area contributed by atoms with Gasteiger partial charge in [-0.2, -0.15) is 0 Å². The van der Waals surface area contributed by atoms with Gasteiger partial charge in [-0.3, -0.25) is 0 Å². The van der Waals surface area contributed by atoms with Crippen LogP contribution in [0.3, 0.4) is 0 Å². The van der Waals surface area contributed by atoms with Crippen LogP contribution in [0, 0.1) is 5.41 Å². The Balaban J connectivity index is 1.61. The van der Waals surface area contributed by atoms with E-state index in [2.05, 4.69) is 10.6 Å². The molecule has 2 amide bonds. The van der Waals surface area contributed by atoms with E-state index in [9.17, 15) is 4.79 Å². The minimum atomic E-state index is 0.00541. The number of rotatable bonds is 4. The van der Waals surface area contributed by atoms with Gasteiger partial charge in [-0.1, -0.05) is 0 Å². The molecule has 6 heteroatoms. The Morgan fingerprint density at radius 3 is 2.92 bits per heavy atom. The third-order valence-corrected chi connectivity index (χ3v) is 5.20. The van der Waals surface area contributed by atoms with Gasteiger partial charge in [-0.05, 0) is 44.0 Å². The predicted molar refractivity (Wildman–Crippen MR) is 92.5 cm³/mol. The van der Waals surface area contributed by atoms with E-state index in [-0.39, 0.29) is 11.4 Å². The van der Waals surface area contributed by atoms with Crippen molar-refractivity contribution in [1.29, 1.82) is 0 Å². The molecule has 2 fully saturated rings. The molecule has 132 valence electrons. The number of urea groups is 1. The third kappa shape index (κ3) is 3.59. The molecule has 0 radical (unpaired) electrons. The van der Waals surface area contributed by atoms with Crippen LogP contribution in [0.5, 0.6) is 11.5 Å². The molecule has 1 aromatic carbocycles. The molecule has 2 aliphatic rings. The normalized spacial score (nSPS) is 23.3. The SMILES string of the molecule is COc1ccc(OC)c(CNC(=O)N2CCC[C@]3(CCNC3)C2)c1. The molecule has 2 saturated heterocycles. The van der Waals surface area contributed by atoms with E-state index >= 15 is 0 Å². The van der Waals surface area contributed by atoms with E-state index in [4.69, 9.17) is 9.47 Å². The molecule has 0 saturated carbocycles. The van der Waals surface area contributed by atoms with E-state index in [1.807, 2.05) is 23.1 Å². The Bertz CT molecular complexity index is 585. The molecule has 2 aliphatic heterocycles. The molecule has 0 aliphatic carbocycles. The minimum Gasteiger partial charge on any atom is -0.497 e. The van der Waals surface area contributed by atoms with Gasteiger partial charge in [0.25, 0.3) is 0 Å². The second-order valence-electron chi connectivity index (χ2n) is 6.79. The van der Waals surface area contributed by atoms with Crippen LogP contribution < -0.4 is 20.1 Å². The summed E-state index contributed by atoms with van der Waals surface area (Å²) in [6, 6.07) is 5.62. The second kappa shape index (κ2) is 7.30. The van der Waals surface area contributed by atoms with Crippen molar-refractivity contribution < 1.29 is 14.3 Å². The van der Waals surface area contributed by atoms with Crippen LogP contribution in [0.1, 0.15) is 24.8 Å². The molecular formula is C18H27N3O3. The van der Waals surface area contributed by atoms with Crippen LogP contribution in [0.15, 0.2) is 18.2 Å². The van der Waals surface area contributed by atoms with Crippen molar-refractivity contribution in [2.24, 2.45) is 5.41 Å². The first-order valence-corrected chi connectivity index (χ1v) is 8.60. The summed E-state index contributed by atoms with van der Waals surface area (Å²) in [5, 5.41) is 6.47. The molecule has 24 heavy (non-hydrogen) atoms. The molecule has 2 heterocycles. The van der Waals surface area contributed by atoms with Crippen molar-refractivity contribution in [3.63, 3.8) is 0 Å². The summed E-state index contributed by atoms with van der Waals surface area (Å²) in [7, 11) is 3.27. The van der Waals surface area contributed by atoms with Crippen molar-refractivity contribution >= 4 is 6.03 Å². The van der Waals surface area contributed by atoms with Crippen molar-refractivity contribution in [3.8, 4) is 11.5 Å². The molecule has 0 aromatic heterocycles. The van der Waals surface area contributed by atoms with Gasteiger partial charge in [-0.25, -0.2) is 4.79 Å². The van der Waals surface area contributed by atoms with Crippen LogP contribution in [-0.4, -0.2) is 51.3 Å². The highest BCUT2D eigenvalue weighted by atomic mass is 16.5. The number of amides is 2. The van der Waals surface area contributed by atoms with Crippen LogP contribution in [0.25, 0.3) is 0 Å². The first-order valence-electron chi connectivity index (χ1n) is 8.60. The summed E-state index contributed by atoms with van der Waals surface area (Å²) in [4.78, 5) is 14.5. The fourth-order valence-electron chi connectivity index (χ4n) is 3.83. The molecule has 6 nitrogen and oxygen atoms in total. The predicted octanol–water partition coefficient (Wildman–Crippen LogP) is 1.99. The fraction of sp³-hybridized carbons (Fsp3) is 0.611. The number of carbonyl (C=O) groups excluding carboxylic acids is 1. The van der Waals surface area contributed by atoms with Crippen LogP contribution in [0.2, 0.25) is 0 Å². The van der Waals surface area contributed by atoms with Crippen molar-refractivity contribution in [2.75, 3.05) is 40.4 Å². The van der Waals surface area contributed by atoms with Gasteiger partial charge in [-0.15, -0.1) is 0 Å². The van der Waals surface area contributed by atoms with E-state index in [1.165, 1.54) is 12.8 Å². The highest BCUT2D eigenvalue weighted by Gasteiger charge is 2.39. The number of carbonyl (C=O) groups is 1. The lowest BCUT2D eigenvalue weighted by molar-refractivity contribution is 0.118. The lowest BCUT2D eigenvalue weighted by atomic mass is 9.79. The summed E-state index contributed by atoms with van der Waals surface area (Å²) in [6.45, 7) is 4.21. The first-order chi connectivity index (χ1) is 11.7. The first kappa shape index (κ1) is 16.9. The number of nitrogens with zero attached hydrogens (tertiary/aromatic N) is 1. The number of ether oxygens (including phenoxy) is 2. The van der Waals surface area contributed by atoms with Crippen molar-refractivity contribution in [1.82, 2.24) is 15.5 Å². The highest BCUT2D eigenvalue weighted by Crippen LogP contribution is 2.35. The highest BCUT2D eigenvalue weighted by molar-refractivity contribution is 5.74. The smallest absolute Gasteiger partial charge is 0.317 e. The summed E-state index contributed by atoms with van der Waals surface area (Å²) >= 11 is 0. The number of piperidine rings is 1. The number of benzene rings is 1. The van der Waals surface area contributed by atoms with E-state index in [1.54, 1.807) is 14.2 Å². The molecule has 2 N–H and O–H groups in total. The van der Waals surface area contributed by atoms with Gasteiger partial charge >= 0.3 is 6.03 Å². The molecular weight excluding hydrogens is 306 g/mol. The molecule has 3 rings (SSSR count). The van der Waals surface area contributed by atoms with E-state index in [0.717, 1.165) is 49.7 Å². The summed E-state index contributed by atoms with van der Waals surface area (Å²) in [6.07, 6.45) is 3.46. The number of hydrogen-bond donors (Lipinski definition) is 2. The van der Waals surface area contributed by atoms with Crippen molar-refractivity contribution in [3.05, 3.63) is 23.8 Å². The number of nitrogens with one attached hydrogen (secondary N) is 2. The fourth-order valence-corrected chi connectivity index (χ4v) is 3.83. The lowest BCUT2D eigenvalue weighted by Crippen LogP contribution is -2.50. The van der Waals surface area contributed by atoms with Gasteiger partial charge < -0.3 is 25.0 Å². The number of methoxy groups -OCH3 is 2. The molecule has 1 atom stereocenters. The molecule has 0 unspecified atom stereocenters. The van der Waals surface area contributed by atoms with E-state index < -0.39 is 0 Å². The quantitative estimate of drug-likeness (QED) is 0.884. The Kier molecular flexibility index (Phi) is 5.14. The Morgan fingerprint density at radius 2 is 2.21 bits per heavy atom. The van der Waals surface area contributed by atoms with E-state index in [0.29, 0.717) is 6.54 Å². The minimum absolute atomic E-state index is 0.00541. The molecule has 1 spiro atoms. The second-order valence-corrected chi connectivity index (χ2v) is 6.79. The maximum absolute atomic E-state index is 12.6. The van der Waals surface area contributed by atoms with Crippen molar-refractivity contribution in [2.45, 2.75) is 25.8 Å². The van der Waals surface area contributed by atoms with Crippen LogP contribution in [-0.2, 0) is 6.54 Å². The van der Waals surface area contributed by atoms with Gasteiger partial charge in [0.15, 0.2) is 0 Å². The number of hydrogen-bond acceptors (Lipinski definition) is 4. The molecule has 1 aromatic rings. The summed E-state index contributed by atoms with van der Waals surface area (Å²) < 4.78 is 10.6. The zero-order chi connectivity index (χ0) is 17.0. The average Bonchev–Trinajstić information content (AvgIpc) is 3.06. The average molecular weight is 333 g/mol. The monoisotopic (exact) mass is 333 g/mol.